The predicted molar refractivity (Wildman–Crippen MR) is 67.9 cm³/mol. The van der Waals surface area contributed by atoms with Gasteiger partial charge in [-0.1, -0.05) is 30.7 Å². The minimum atomic E-state index is -4.50. The topological polar surface area (TPSA) is 35.0 Å². The molecular formula is C13H10ClF3N2O. The lowest BCUT2D eigenvalue weighted by atomic mass is 10.2. The van der Waals surface area contributed by atoms with Gasteiger partial charge in [-0.05, 0) is 18.6 Å². The van der Waals surface area contributed by atoms with Crippen molar-refractivity contribution in [1.29, 1.82) is 0 Å². The second-order valence-electron chi connectivity index (χ2n) is 3.90. The Morgan fingerprint density at radius 1 is 1.20 bits per heavy atom. The summed E-state index contributed by atoms with van der Waals surface area (Å²) in [6.07, 6.45) is -2.91. The van der Waals surface area contributed by atoms with Crippen molar-refractivity contribution in [3.05, 3.63) is 46.9 Å². The summed E-state index contributed by atoms with van der Waals surface area (Å²) in [5, 5.41) is 0.169. The van der Waals surface area contributed by atoms with E-state index >= 15 is 0 Å². The van der Waals surface area contributed by atoms with E-state index in [1.807, 2.05) is 0 Å². The molecule has 106 valence electrons. The lowest BCUT2D eigenvalue weighted by molar-refractivity contribution is -0.138. The van der Waals surface area contributed by atoms with Crippen LogP contribution in [0.5, 0.6) is 11.6 Å². The molecule has 0 aliphatic carbocycles. The number of hydrogen-bond acceptors (Lipinski definition) is 3. The molecule has 0 atom stereocenters. The number of halogens is 4. The van der Waals surface area contributed by atoms with Gasteiger partial charge in [-0.2, -0.15) is 13.2 Å². The normalized spacial score (nSPS) is 11.4. The number of ether oxygens (including phenoxy) is 1. The Morgan fingerprint density at radius 3 is 2.55 bits per heavy atom. The monoisotopic (exact) mass is 302 g/mol. The molecule has 0 aliphatic rings. The fourth-order valence-electron chi connectivity index (χ4n) is 1.66. The van der Waals surface area contributed by atoms with Crippen LogP contribution < -0.4 is 4.74 Å². The number of alkyl halides is 3. The maximum absolute atomic E-state index is 12.9. The van der Waals surface area contributed by atoms with Gasteiger partial charge in [0.25, 0.3) is 0 Å². The van der Waals surface area contributed by atoms with Crippen LogP contribution in [0.4, 0.5) is 13.2 Å². The summed E-state index contributed by atoms with van der Waals surface area (Å²) in [5.41, 5.74) is -0.400. The summed E-state index contributed by atoms with van der Waals surface area (Å²) in [6.45, 7) is 1.78. The van der Waals surface area contributed by atoms with Gasteiger partial charge in [0, 0.05) is 0 Å². The number of rotatable bonds is 3. The number of nitrogens with zero attached hydrogens (tertiary/aromatic N) is 2. The molecule has 0 saturated heterocycles. The first kappa shape index (κ1) is 14.6. The minimum Gasteiger partial charge on any atom is -0.438 e. The molecule has 0 saturated carbocycles. The van der Waals surface area contributed by atoms with E-state index in [2.05, 4.69) is 9.97 Å². The van der Waals surface area contributed by atoms with Crippen molar-refractivity contribution in [2.75, 3.05) is 0 Å². The van der Waals surface area contributed by atoms with Gasteiger partial charge in [0.05, 0.1) is 11.1 Å². The second kappa shape index (κ2) is 5.66. The van der Waals surface area contributed by atoms with E-state index < -0.39 is 11.7 Å². The minimum absolute atomic E-state index is 0.0317. The first-order valence-electron chi connectivity index (χ1n) is 5.77. The lowest BCUT2D eigenvalue weighted by Gasteiger charge is -2.14. The third-order valence-electron chi connectivity index (χ3n) is 2.61. The van der Waals surface area contributed by atoms with Crippen LogP contribution in [0.2, 0.25) is 5.15 Å². The third-order valence-corrected chi connectivity index (χ3v) is 2.93. The highest BCUT2D eigenvalue weighted by molar-refractivity contribution is 6.30. The van der Waals surface area contributed by atoms with Gasteiger partial charge in [-0.3, -0.25) is 0 Å². The number of hydrogen-bond donors (Lipinski definition) is 0. The van der Waals surface area contributed by atoms with Gasteiger partial charge in [-0.25, -0.2) is 9.97 Å². The van der Waals surface area contributed by atoms with Crippen LogP contribution in [0.25, 0.3) is 0 Å². The number of aromatic nitrogens is 2. The maximum Gasteiger partial charge on any atom is 0.419 e. The molecule has 0 fully saturated rings. The van der Waals surface area contributed by atoms with Crippen LogP contribution >= 0.6 is 11.6 Å². The summed E-state index contributed by atoms with van der Waals surface area (Å²) in [7, 11) is 0. The van der Waals surface area contributed by atoms with E-state index in [1.165, 1.54) is 18.2 Å². The van der Waals surface area contributed by atoms with Crippen molar-refractivity contribution in [2.45, 2.75) is 19.5 Å². The van der Waals surface area contributed by atoms with E-state index in [4.69, 9.17) is 16.3 Å². The molecule has 2 aromatic rings. The molecule has 2 rings (SSSR count). The van der Waals surface area contributed by atoms with Gasteiger partial charge in [0.1, 0.15) is 17.2 Å². The Morgan fingerprint density at radius 2 is 1.90 bits per heavy atom. The lowest BCUT2D eigenvalue weighted by Crippen LogP contribution is -2.07. The van der Waals surface area contributed by atoms with Crippen LogP contribution in [0.3, 0.4) is 0 Å². The molecule has 0 spiro atoms. The fraction of sp³-hybridized carbons (Fsp3) is 0.231. The van der Waals surface area contributed by atoms with Crippen molar-refractivity contribution >= 4 is 11.6 Å². The zero-order valence-electron chi connectivity index (χ0n) is 10.4. The van der Waals surface area contributed by atoms with Gasteiger partial charge in [0.15, 0.2) is 0 Å². The van der Waals surface area contributed by atoms with Crippen molar-refractivity contribution in [3.63, 3.8) is 0 Å². The highest BCUT2D eigenvalue weighted by Crippen LogP contribution is 2.38. The zero-order valence-corrected chi connectivity index (χ0v) is 11.2. The Bertz CT molecular complexity index is 617. The number of para-hydroxylation sites is 1. The highest BCUT2D eigenvalue weighted by Gasteiger charge is 2.34. The van der Waals surface area contributed by atoms with Gasteiger partial charge in [0.2, 0.25) is 5.88 Å². The molecule has 0 bridgehead atoms. The summed E-state index contributed by atoms with van der Waals surface area (Å²) in [6, 6.07) is 4.93. The highest BCUT2D eigenvalue weighted by atomic mass is 35.5. The van der Waals surface area contributed by atoms with Gasteiger partial charge >= 0.3 is 6.18 Å². The zero-order chi connectivity index (χ0) is 14.8. The molecule has 1 aromatic heterocycles. The molecule has 3 nitrogen and oxygen atoms in total. The third kappa shape index (κ3) is 3.01. The molecule has 0 unspecified atom stereocenters. The van der Waals surface area contributed by atoms with Crippen molar-refractivity contribution in [3.8, 4) is 11.6 Å². The molecule has 0 amide bonds. The van der Waals surface area contributed by atoms with E-state index in [0.717, 1.165) is 12.4 Å². The first-order valence-corrected chi connectivity index (χ1v) is 6.14. The maximum atomic E-state index is 12.9. The Labute approximate surface area is 118 Å². The smallest absolute Gasteiger partial charge is 0.419 e. The van der Waals surface area contributed by atoms with Crippen LogP contribution in [0.1, 0.15) is 18.1 Å². The van der Waals surface area contributed by atoms with Crippen molar-refractivity contribution < 1.29 is 17.9 Å². The molecule has 7 heteroatoms. The Hall–Kier alpha value is -1.82. The van der Waals surface area contributed by atoms with Crippen molar-refractivity contribution in [1.82, 2.24) is 9.97 Å². The average Bonchev–Trinajstić information content (AvgIpc) is 2.38. The quantitative estimate of drug-likeness (QED) is 0.783. The van der Waals surface area contributed by atoms with Gasteiger partial charge in [-0.15, -0.1) is 0 Å². The standard InChI is InChI=1S/C13H10ClF3N2O/c1-2-8-11(14)18-7-19-12(8)20-10-6-4-3-5-9(10)13(15,16)17/h3-7H,2H2,1H3. The van der Waals surface area contributed by atoms with Crippen LogP contribution in [-0.4, -0.2) is 9.97 Å². The molecule has 0 N–H and O–H groups in total. The Balaban J connectivity index is 2.44. The summed E-state index contributed by atoms with van der Waals surface area (Å²) < 4.78 is 43.9. The van der Waals surface area contributed by atoms with Gasteiger partial charge < -0.3 is 4.74 Å². The van der Waals surface area contributed by atoms with Crippen LogP contribution in [-0.2, 0) is 12.6 Å². The van der Waals surface area contributed by atoms with E-state index in [9.17, 15) is 13.2 Å². The van der Waals surface area contributed by atoms with E-state index in [1.54, 1.807) is 6.92 Å². The molecular weight excluding hydrogens is 293 g/mol. The average molecular weight is 303 g/mol. The summed E-state index contributed by atoms with van der Waals surface area (Å²) in [4.78, 5) is 7.62. The Kier molecular flexibility index (Phi) is 4.13. The number of benzene rings is 1. The SMILES string of the molecule is CCc1c(Cl)ncnc1Oc1ccccc1C(F)(F)F. The molecule has 1 heterocycles. The molecule has 20 heavy (non-hydrogen) atoms. The van der Waals surface area contributed by atoms with E-state index in [-0.39, 0.29) is 16.8 Å². The van der Waals surface area contributed by atoms with Crippen LogP contribution in [0.15, 0.2) is 30.6 Å². The summed E-state index contributed by atoms with van der Waals surface area (Å²) >= 11 is 5.87. The van der Waals surface area contributed by atoms with Crippen molar-refractivity contribution in [2.24, 2.45) is 0 Å². The largest absolute Gasteiger partial charge is 0.438 e. The van der Waals surface area contributed by atoms with Crippen LogP contribution in [0, 0.1) is 0 Å². The molecule has 0 aliphatic heterocycles. The predicted octanol–water partition coefficient (Wildman–Crippen LogP) is 4.50. The summed E-state index contributed by atoms with van der Waals surface area (Å²) in [5.74, 6) is -0.284. The van der Waals surface area contributed by atoms with E-state index in [0.29, 0.717) is 12.0 Å². The fourth-order valence-corrected chi connectivity index (χ4v) is 1.91. The first-order chi connectivity index (χ1) is 9.43. The molecule has 1 aromatic carbocycles. The molecule has 0 radical (unpaired) electrons. The second-order valence-corrected chi connectivity index (χ2v) is 4.26.